The molecule has 3 heterocycles. The van der Waals surface area contributed by atoms with Crippen molar-refractivity contribution in [3.63, 3.8) is 0 Å². The summed E-state index contributed by atoms with van der Waals surface area (Å²) in [5.74, 6) is 0.728. The summed E-state index contributed by atoms with van der Waals surface area (Å²) in [5, 5.41) is 3.22. The first-order valence-corrected chi connectivity index (χ1v) is 6.22. The van der Waals surface area contributed by atoms with Crippen LogP contribution in [0.5, 0.6) is 0 Å². The fourth-order valence-electron chi connectivity index (χ4n) is 1.87. The van der Waals surface area contributed by atoms with E-state index in [9.17, 15) is 0 Å². The highest BCUT2D eigenvalue weighted by molar-refractivity contribution is 5.64. The second-order valence-corrected chi connectivity index (χ2v) is 4.41. The van der Waals surface area contributed by atoms with Crippen LogP contribution in [-0.2, 0) is 0 Å². The molecule has 1 N–H and O–H groups in total. The van der Waals surface area contributed by atoms with Crippen LogP contribution in [0.3, 0.4) is 0 Å². The van der Waals surface area contributed by atoms with Crippen molar-refractivity contribution in [1.29, 1.82) is 0 Å². The monoisotopic (exact) mass is 263 g/mol. The molecule has 0 radical (unpaired) electrons. The molecule has 0 saturated heterocycles. The van der Waals surface area contributed by atoms with Gasteiger partial charge in [-0.1, -0.05) is 0 Å². The van der Waals surface area contributed by atoms with Gasteiger partial charge in [0.25, 0.3) is 0 Å². The van der Waals surface area contributed by atoms with Crippen molar-refractivity contribution in [2.45, 2.75) is 6.92 Å². The number of rotatable bonds is 3. The molecule has 0 amide bonds. The zero-order chi connectivity index (χ0) is 13.8. The van der Waals surface area contributed by atoms with Gasteiger partial charge < -0.3 is 5.32 Å². The van der Waals surface area contributed by atoms with Crippen LogP contribution >= 0.6 is 0 Å². The van der Waals surface area contributed by atoms with Crippen LogP contribution < -0.4 is 5.32 Å². The standard InChI is InChI=1S/C15H13N5/c1-11-5-13(9-17-7-11)20-15-6-14(18-10-19-15)12-3-2-4-16-8-12/h2-10H,1H3,(H,18,19,20). The number of aromatic nitrogens is 4. The molecular weight excluding hydrogens is 250 g/mol. The summed E-state index contributed by atoms with van der Waals surface area (Å²) in [4.78, 5) is 16.7. The third-order valence-corrected chi connectivity index (χ3v) is 2.77. The van der Waals surface area contributed by atoms with Gasteiger partial charge in [-0.3, -0.25) is 9.97 Å². The van der Waals surface area contributed by atoms with Crippen LogP contribution in [0, 0.1) is 6.92 Å². The Morgan fingerprint density at radius 2 is 1.95 bits per heavy atom. The molecule has 5 heteroatoms. The summed E-state index contributed by atoms with van der Waals surface area (Å²) in [6.07, 6.45) is 8.63. The highest BCUT2D eigenvalue weighted by Gasteiger charge is 2.02. The van der Waals surface area contributed by atoms with Gasteiger partial charge in [0.05, 0.1) is 17.6 Å². The van der Waals surface area contributed by atoms with Crippen molar-refractivity contribution < 1.29 is 0 Å². The number of nitrogens with zero attached hydrogens (tertiary/aromatic N) is 4. The van der Waals surface area contributed by atoms with E-state index in [0.29, 0.717) is 0 Å². The topological polar surface area (TPSA) is 63.6 Å². The van der Waals surface area contributed by atoms with Crippen LogP contribution in [0.2, 0.25) is 0 Å². The molecule has 0 aliphatic heterocycles. The summed E-state index contributed by atoms with van der Waals surface area (Å²) >= 11 is 0. The van der Waals surface area contributed by atoms with Gasteiger partial charge in [-0.05, 0) is 30.7 Å². The molecule has 3 rings (SSSR count). The Bertz CT molecular complexity index is 712. The lowest BCUT2D eigenvalue weighted by molar-refractivity contribution is 1.16. The number of hydrogen-bond donors (Lipinski definition) is 1. The predicted octanol–water partition coefficient (Wildman–Crippen LogP) is 2.99. The summed E-state index contributed by atoms with van der Waals surface area (Å²) in [6.45, 7) is 2.00. The van der Waals surface area contributed by atoms with Crippen molar-refractivity contribution in [2.24, 2.45) is 0 Å². The maximum Gasteiger partial charge on any atom is 0.134 e. The molecular formula is C15H13N5. The summed E-state index contributed by atoms with van der Waals surface area (Å²) in [6, 6.07) is 7.75. The van der Waals surface area contributed by atoms with Crippen molar-refractivity contribution in [3.8, 4) is 11.3 Å². The molecule has 98 valence electrons. The van der Waals surface area contributed by atoms with Gasteiger partial charge in [0.2, 0.25) is 0 Å². The Hall–Kier alpha value is -2.82. The van der Waals surface area contributed by atoms with E-state index in [1.54, 1.807) is 18.6 Å². The second kappa shape index (κ2) is 5.44. The number of aryl methyl sites for hydroxylation is 1. The summed E-state index contributed by atoms with van der Waals surface area (Å²) < 4.78 is 0. The van der Waals surface area contributed by atoms with Crippen molar-refractivity contribution in [2.75, 3.05) is 5.32 Å². The Morgan fingerprint density at radius 1 is 1.00 bits per heavy atom. The SMILES string of the molecule is Cc1cncc(Nc2cc(-c3cccnc3)ncn2)c1. The lowest BCUT2D eigenvalue weighted by atomic mass is 10.2. The van der Waals surface area contributed by atoms with E-state index >= 15 is 0 Å². The first-order chi connectivity index (χ1) is 9.81. The highest BCUT2D eigenvalue weighted by Crippen LogP contribution is 2.20. The molecule has 5 nitrogen and oxygen atoms in total. The van der Waals surface area contributed by atoms with Crippen LogP contribution in [0.1, 0.15) is 5.56 Å². The van der Waals surface area contributed by atoms with E-state index in [4.69, 9.17) is 0 Å². The molecule has 0 unspecified atom stereocenters. The fraction of sp³-hybridized carbons (Fsp3) is 0.0667. The van der Waals surface area contributed by atoms with Crippen molar-refractivity contribution in [3.05, 3.63) is 60.9 Å². The average molecular weight is 263 g/mol. The Balaban J connectivity index is 1.88. The molecule has 0 aliphatic rings. The largest absolute Gasteiger partial charge is 0.339 e. The molecule has 0 atom stereocenters. The van der Waals surface area contributed by atoms with Gasteiger partial charge in [-0.15, -0.1) is 0 Å². The minimum Gasteiger partial charge on any atom is -0.339 e. The Morgan fingerprint density at radius 3 is 2.75 bits per heavy atom. The highest BCUT2D eigenvalue weighted by atomic mass is 15.0. The maximum atomic E-state index is 4.26. The zero-order valence-electron chi connectivity index (χ0n) is 11.0. The minimum atomic E-state index is 0.728. The Kier molecular flexibility index (Phi) is 3.33. The summed E-state index contributed by atoms with van der Waals surface area (Å²) in [5.41, 5.74) is 3.79. The third kappa shape index (κ3) is 2.77. The number of anilines is 2. The van der Waals surface area contributed by atoms with E-state index < -0.39 is 0 Å². The normalized spacial score (nSPS) is 10.2. The van der Waals surface area contributed by atoms with Gasteiger partial charge in [0, 0.05) is 30.2 Å². The molecule has 3 aromatic rings. The molecule has 3 aromatic heterocycles. The van der Waals surface area contributed by atoms with Gasteiger partial charge in [0.15, 0.2) is 0 Å². The van der Waals surface area contributed by atoms with E-state index in [1.165, 1.54) is 6.33 Å². The van der Waals surface area contributed by atoms with Crippen LogP contribution in [-0.4, -0.2) is 19.9 Å². The second-order valence-electron chi connectivity index (χ2n) is 4.41. The number of pyridine rings is 2. The van der Waals surface area contributed by atoms with Gasteiger partial charge >= 0.3 is 0 Å². The van der Waals surface area contributed by atoms with Crippen molar-refractivity contribution in [1.82, 2.24) is 19.9 Å². The average Bonchev–Trinajstić information content (AvgIpc) is 2.48. The first-order valence-electron chi connectivity index (χ1n) is 6.22. The van der Waals surface area contributed by atoms with Crippen molar-refractivity contribution >= 4 is 11.5 Å². The smallest absolute Gasteiger partial charge is 0.134 e. The maximum absolute atomic E-state index is 4.26. The van der Waals surface area contributed by atoms with Gasteiger partial charge in [-0.2, -0.15) is 0 Å². The molecule has 0 spiro atoms. The predicted molar refractivity (Wildman–Crippen MR) is 77.5 cm³/mol. The minimum absolute atomic E-state index is 0.728. The lowest BCUT2D eigenvalue weighted by Crippen LogP contribution is -1.96. The molecule has 20 heavy (non-hydrogen) atoms. The molecule has 0 fully saturated rings. The van der Waals surface area contributed by atoms with E-state index in [-0.39, 0.29) is 0 Å². The van der Waals surface area contributed by atoms with Crippen LogP contribution in [0.4, 0.5) is 11.5 Å². The fourth-order valence-corrected chi connectivity index (χ4v) is 1.87. The van der Waals surface area contributed by atoms with E-state index in [2.05, 4.69) is 25.3 Å². The quantitative estimate of drug-likeness (QED) is 0.787. The van der Waals surface area contributed by atoms with E-state index in [1.807, 2.05) is 37.4 Å². The number of hydrogen-bond acceptors (Lipinski definition) is 5. The van der Waals surface area contributed by atoms with Gasteiger partial charge in [-0.25, -0.2) is 9.97 Å². The van der Waals surface area contributed by atoms with Crippen LogP contribution in [0.25, 0.3) is 11.3 Å². The zero-order valence-corrected chi connectivity index (χ0v) is 11.0. The molecule has 0 saturated carbocycles. The van der Waals surface area contributed by atoms with E-state index in [0.717, 1.165) is 28.3 Å². The molecule has 0 aliphatic carbocycles. The van der Waals surface area contributed by atoms with Gasteiger partial charge in [0.1, 0.15) is 12.1 Å². The third-order valence-electron chi connectivity index (χ3n) is 2.77. The number of nitrogens with one attached hydrogen (secondary N) is 1. The molecule has 0 aromatic carbocycles. The molecule has 0 bridgehead atoms. The Labute approximate surface area is 116 Å². The summed E-state index contributed by atoms with van der Waals surface area (Å²) in [7, 11) is 0. The van der Waals surface area contributed by atoms with Crippen LogP contribution in [0.15, 0.2) is 55.4 Å². The first kappa shape index (κ1) is 12.2. The lowest BCUT2D eigenvalue weighted by Gasteiger charge is -2.07.